The van der Waals surface area contributed by atoms with Gasteiger partial charge in [0.1, 0.15) is 0 Å². The molecule has 0 radical (unpaired) electrons. The number of carbonyl (C=O) groups is 1. The van der Waals surface area contributed by atoms with Crippen molar-refractivity contribution in [3.8, 4) is 0 Å². The van der Waals surface area contributed by atoms with Gasteiger partial charge in [0.05, 0.1) is 11.2 Å². The van der Waals surface area contributed by atoms with Gasteiger partial charge in [-0.05, 0) is 69.1 Å². The quantitative estimate of drug-likeness (QED) is 0.362. The fourth-order valence-electron chi connectivity index (χ4n) is 2.95. The van der Waals surface area contributed by atoms with Crippen molar-refractivity contribution in [1.29, 1.82) is 0 Å². The lowest BCUT2D eigenvalue weighted by Crippen LogP contribution is -2.41. The van der Waals surface area contributed by atoms with E-state index in [-0.39, 0.29) is 16.3 Å². The summed E-state index contributed by atoms with van der Waals surface area (Å²) in [5, 5.41) is 2.27. The summed E-state index contributed by atoms with van der Waals surface area (Å²) in [6.45, 7) is 12.1. The molecule has 0 spiro atoms. The zero-order chi connectivity index (χ0) is 20.1. The number of thiophene rings is 1. The predicted octanol–water partition coefficient (Wildman–Crippen LogP) is 6.17. The molecule has 0 N–H and O–H groups in total. The van der Waals surface area contributed by atoms with E-state index in [4.69, 9.17) is 9.31 Å². The van der Waals surface area contributed by atoms with Crippen LogP contribution in [-0.4, -0.2) is 29.2 Å². The minimum Gasteiger partial charge on any atom is -0.400 e. The second-order valence-electron chi connectivity index (χ2n) is 8.21. The molecular weight excluding hydrogens is 375 g/mol. The fraction of sp³-hybridized carbons (Fsp3) is 0.667. The minimum atomic E-state index is -0.406. The van der Waals surface area contributed by atoms with E-state index >= 15 is 0 Å². The van der Waals surface area contributed by atoms with Crippen LogP contribution in [0.5, 0.6) is 0 Å². The van der Waals surface area contributed by atoms with Gasteiger partial charge in [0.2, 0.25) is 0 Å². The number of hydrogen-bond acceptors (Lipinski definition) is 5. The molecule has 150 valence electrons. The molecular formula is C21H33BO3S2. The third kappa shape index (κ3) is 6.21. The molecule has 0 atom stereocenters. The summed E-state index contributed by atoms with van der Waals surface area (Å²) < 4.78 is 12.5. The molecule has 1 saturated heterocycles. The number of unbranched alkanes of at least 4 members (excludes halogenated alkanes) is 3. The van der Waals surface area contributed by atoms with Gasteiger partial charge in [-0.25, -0.2) is 0 Å². The van der Waals surface area contributed by atoms with Crippen molar-refractivity contribution in [2.45, 2.75) is 84.8 Å². The van der Waals surface area contributed by atoms with Crippen molar-refractivity contribution in [1.82, 2.24) is 0 Å². The van der Waals surface area contributed by atoms with Crippen molar-refractivity contribution >= 4 is 41.4 Å². The second-order valence-corrected chi connectivity index (χ2v) is 10.3. The van der Waals surface area contributed by atoms with E-state index in [9.17, 15) is 4.79 Å². The maximum absolute atomic E-state index is 11.5. The Hall–Kier alpha value is -0.555. The molecule has 0 aliphatic carbocycles. The van der Waals surface area contributed by atoms with E-state index in [0.717, 1.165) is 11.9 Å². The molecule has 0 bridgehead atoms. The summed E-state index contributed by atoms with van der Waals surface area (Å²) in [6, 6.07) is 2.22. The molecule has 1 aliphatic rings. The molecule has 6 heteroatoms. The molecule has 27 heavy (non-hydrogen) atoms. The Morgan fingerprint density at radius 1 is 1.19 bits per heavy atom. The van der Waals surface area contributed by atoms with Crippen molar-refractivity contribution in [2.75, 3.05) is 5.75 Å². The topological polar surface area (TPSA) is 35.5 Å². The van der Waals surface area contributed by atoms with E-state index < -0.39 is 7.12 Å². The molecule has 1 fully saturated rings. The van der Waals surface area contributed by atoms with Crippen LogP contribution in [0.15, 0.2) is 16.9 Å². The molecule has 0 saturated carbocycles. The van der Waals surface area contributed by atoms with Gasteiger partial charge in [-0.1, -0.05) is 37.9 Å². The van der Waals surface area contributed by atoms with Crippen molar-refractivity contribution < 1.29 is 14.1 Å². The summed E-state index contributed by atoms with van der Waals surface area (Å²) >= 11 is 3.07. The number of aryl methyl sites for hydroxylation is 1. The third-order valence-electron chi connectivity index (χ3n) is 5.39. The summed E-state index contributed by atoms with van der Waals surface area (Å²) in [4.78, 5) is 12.8. The Balaban J connectivity index is 2.20. The average Bonchev–Trinajstić information content (AvgIpc) is 3.09. The third-order valence-corrected chi connectivity index (χ3v) is 7.19. The van der Waals surface area contributed by atoms with Gasteiger partial charge in [0.15, 0.2) is 5.12 Å². The zero-order valence-electron chi connectivity index (χ0n) is 17.6. The lowest BCUT2D eigenvalue weighted by molar-refractivity contribution is -0.109. The van der Waals surface area contributed by atoms with Crippen LogP contribution in [0.25, 0.3) is 6.08 Å². The highest BCUT2D eigenvalue weighted by Gasteiger charge is 2.52. The van der Waals surface area contributed by atoms with Crippen molar-refractivity contribution in [3.05, 3.63) is 27.4 Å². The molecule has 0 unspecified atom stereocenters. The van der Waals surface area contributed by atoms with Gasteiger partial charge in [-0.15, -0.1) is 11.3 Å². The highest BCUT2D eigenvalue weighted by molar-refractivity contribution is 8.13. The van der Waals surface area contributed by atoms with Crippen LogP contribution in [-0.2, 0) is 20.5 Å². The number of carbonyl (C=O) groups excluding carboxylic acids is 1. The van der Waals surface area contributed by atoms with E-state index in [2.05, 4.69) is 52.1 Å². The fourth-order valence-corrected chi connectivity index (χ4v) is 4.46. The maximum Gasteiger partial charge on any atom is 0.491 e. The van der Waals surface area contributed by atoms with Crippen LogP contribution >= 0.6 is 23.1 Å². The summed E-state index contributed by atoms with van der Waals surface area (Å²) in [6.07, 6.45) is 8.34. The highest BCUT2D eigenvalue weighted by atomic mass is 32.2. The predicted molar refractivity (Wildman–Crippen MR) is 119 cm³/mol. The van der Waals surface area contributed by atoms with E-state index in [1.54, 1.807) is 18.3 Å². The Morgan fingerprint density at radius 3 is 2.44 bits per heavy atom. The van der Waals surface area contributed by atoms with E-state index in [1.165, 1.54) is 47.9 Å². The van der Waals surface area contributed by atoms with Crippen LogP contribution < -0.4 is 0 Å². The van der Waals surface area contributed by atoms with Crippen LogP contribution in [0.2, 0.25) is 0 Å². The minimum absolute atomic E-state index is 0.114. The summed E-state index contributed by atoms with van der Waals surface area (Å²) in [5.41, 5.74) is 1.66. The number of rotatable bonds is 9. The Morgan fingerprint density at radius 2 is 1.85 bits per heavy atom. The molecule has 1 aromatic rings. The van der Waals surface area contributed by atoms with Crippen LogP contribution in [0.3, 0.4) is 0 Å². The molecule has 3 nitrogen and oxygen atoms in total. The maximum atomic E-state index is 11.5. The van der Waals surface area contributed by atoms with Crippen LogP contribution in [0, 0.1) is 0 Å². The standard InChI is InChI=1S/C21H33BO3S2/c1-7-8-9-10-11-17-12-13-26-19(17)14-18(15-27-16(2)23)22-24-20(3,4)21(5,6)25-22/h12-14H,7-11,15H2,1-6H3. The van der Waals surface area contributed by atoms with Crippen molar-refractivity contribution in [2.24, 2.45) is 0 Å². The normalized spacial score (nSPS) is 18.9. The smallest absolute Gasteiger partial charge is 0.400 e. The first kappa shape index (κ1) is 22.7. The van der Waals surface area contributed by atoms with Gasteiger partial charge in [0, 0.05) is 17.6 Å². The van der Waals surface area contributed by atoms with Gasteiger partial charge >= 0.3 is 7.12 Å². The highest BCUT2D eigenvalue weighted by Crippen LogP contribution is 2.39. The Labute approximate surface area is 173 Å². The lowest BCUT2D eigenvalue weighted by atomic mass is 9.78. The first-order valence-corrected chi connectivity index (χ1v) is 11.8. The first-order chi connectivity index (χ1) is 12.7. The van der Waals surface area contributed by atoms with Crippen molar-refractivity contribution in [3.63, 3.8) is 0 Å². The Kier molecular flexibility index (Phi) is 8.23. The second kappa shape index (κ2) is 9.77. The van der Waals surface area contributed by atoms with E-state index in [0.29, 0.717) is 5.75 Å². The van der Waals surface area contributed by atoms with E-state index in [1.807, 2.05) is 0 Å². The zero-order valence-corrected chi connectivity index (χ0v) is 19.2. The molecule has 2 rings (SSSR count). The number of hydrogen-bond donors (Lipinski definition) is 0. The van der Waals surface area contributed by atoms with Crippen LogP contribution in [0.4, 0.5) is 0 Å². The number of thioether (sulfide) groups is 1. The van der Waals surface area contributed by atoms with Gasteiger partial charge in [-0.2, -0.15) is 0 Å². The van der Waals surface area contributed by atoms with Gasteiger partial charge < -0.3 is 9.31 Å². The largest absolute Gasteiger partial charge is 0.491 e. The monoisotopic (exact) mass is 408 g/mol. The SMILES string of the molecule is CCCCCCc1ccsc1C=C(CSC(C)=O)B1OC(C)(C)C(C)(C)O1. The molecule has 1 aliphatic heterocycles. The Bertz CT molecular complexity index is 648. The van der Waals surface area contributed by atoms with Gasteiger partial charge in [-0.3, -0.25) is 4.79 Å². The molecule has 1 aromatic heterocycles. The first-order valence-electron chi connectivity index (χ1n) is 9.92. The molecule has 0 aromatic carbocycles. The molecule has 2 heterocycles. The average molecular weight is 408 g/mol. The lowest BCUT2D eigenvalue weighted by Gasteiger charge is -2.32. The van der Waals surface area contributed by atoms with Crippen LogP contribution in [0.1, 0.15) is 77.7 Å². The summed E-state index contributed by atoms with van der Waals surface area (Å²) in [7, 11) is -0.406. The summed E-state index contributed by atoms with van der Waals surface area (Å²) in [5.74, 6) is 0.597. The van der Waals surface area contributed by atoms with Gasteiger partial charge in [0.25, 0.3) is 0 Å². The molecule has 0 amide bonds.